The first kappa shape index (κ1) is 27.3. The highest BCUT2D eigenvalue weighted by atomic mass is 16.5. The number of carbonyl (C=O) groups is 2. The molecule has 4 rings (SSSR count). The Balaban J connectivity index is 1.35. The Bertz CT molecular complexity index is 1050. The molecule has 2 saturated heterocycles. The van der Waals surface area contributed by atoms with Crippen LogP contribution in [0.25, 0.3) is 0 Å². The van der Waals surface area contributed by atoms with Crippen LogP contribution in [0.5, 0.6) is 0 Å². The van der Waals surface area contributed by atoms with Gasteiger partial charge in [-0.1, -0.05) is 24.3 Å². The van der Waals surface area contributed by atoms with Crippen molar-refractivity contribution in [3.63, 3.8) is 0 Å². The van der Waals surface area contributed by atoms with Gasteiger partial charge in [-0.25, -0.2) is 4.79 Å². The van der Waals surface area contributed by atoms with E-state index in [0.29, 0.717) is 11.6 Å². The lowest BCUT2D eigenvalue weighted by atomic mass is 10.0. The molecule has 0 spiro atoms. The van der Waals surface area contributed by atoms with Crippen molar-refractivity contribution in [2.75, 3.05) is 46.4 Å². The predicted molar refractivity (Wildman–Crippen MR) is 147 cm³/mol. The van der Waals surface area contributed by atoms with Gasteiger partial charge in [-0.3, -0.25) is 19.5 Å². The molecule has 0 N–H and O–H groups in total. The van der Waals surface area contributed by atoms with Gasteiger partial charge in [0.05, 0.1) is 12.7 Å². The van der Waals surface area contributed by atoms with Gasteiger partial charge >= 0.3 is 5.97 Å². The van der Waals surface area contributed by atoms with Crippen LogP contribution in [-0.2, 0) is 17.8 Å². The molecular weight excluding hydrogens is 464 g/mol. The number of hydrogen-bond acceptors (Lipinski definition) is 6. The molecule has 1 amide bonds. The van der Waals surface area contributed by atoms with Crippen molar-refractivity contribution in [3.8, 4) is 0 Å². The molecule has 2 aliphatic rings. The van der Waals surface area contributed by atoms with Crippen LogP contribution in [0.2, 0.25) is 0 Å². The molecular formula is C30H42N4O3. The van der Waals surface area contributed by atoms with Crippen LogP contribution in [0.1, 0.15) is 59.5 Å². The number of rotatable bonds is 7. The van der Waals surface area contributed by atoms with Crippen molar-refractivity contribution >= 4 is 11.9 Å². The van der Waals surface area contributed by atoms with Crippen LogP contribution in [0.15, 0.2) is 48.5 Å². The van der Waals surface area contributed by atoms with E-state index in [4.69, 9.17) is 4.74 Å². The van der Waals surface area contributed by atoms with Crippen molar-refractivity contribution < 1.29 is 14.3 Å². The molecule has 2 heterocycles. The molecule has 0 radical (unpaired) electrons. The van der Waals surface area contributed by atoms with Gasteiger partial charge in [-0.2, -0.15) is 0 Å². The number of esters is 1. The largest absolute Gasteiger partial charge is 0.465 e. The summed E-state index contributed by atoms with van der Waals surface area (Å²) in [5.74, 6) is -0.202. The number of ether oxygens (including phenoxy) is 1. The highest BCUT2D eigenvalue weighted by molar-refractivity contribution is 5.95. The summed E-state index contributed by atoms with van der Waals surface area (Å²) in [5.41, 5.74) is 3.69. The van der Waals surface area contributed by atoms with Gasteiger partial charge in [-0.05, 0) is 63.1 Å². The molecule has 7 heteroatoms. The number of piperazine rings is 2. The third-order valence-electron chi connectivity index (χ3n) is 7.73. The van der Waals surface area contributed by atoms with Crippen molar-refractivity contribution in [2.24, 2.45) is 0 Å². The molecule has 0 bridgehead atoms. The fourth-order valence-corrected chi connectivity index (χ4v) is 5.73. The van der Waals surface area contributed by atoms with Crippen molar-refractivity contribution in [1.82, 2.24) is 19.6 Å². The maximum Gasteiger partial charge on any atom is 0.337 e. The molecule has 0 aliphatic carbocycles. The standard InChI is InChI=1S/C30H42N4O3/c1-22(2)33-15-13-31(14-16-33)21-26-7-6-8-28(17-26)29(35)34-23(3)18-32(19-24(34)4)20-25-9-11-27(12-10-25)30(36)37-5/h6-12,17,22-24H,13-16,18-21H2,1-5H3/t23-,24+. The number of amides is 1. The van der Waals surface area contributed by atoms with Gasteiger partial charge in [0.2, 0.25) is 0 Å². The molecule has 2 aromatic rings. The Kier molecular flexibility index (Phi) is 9.00. The van der Waals surface area contributed by atoms with Gasteiger partial charge in [0.1, 0.15) is 0 Å². The van der Waals surface area contributed by atoms with E-state index in [-0.39, 0.29) is 24.0 Å². The Hall–Kier alpha value is -2.74. The summed E-state index contributed by atoms with van der Waals surface area (Å²) < 4.78 is 4.79. The van der Waals surface area contributed by atoms with Crippen molar-refractivity contribution in [2.45, 2.75) is 58.9 Å². The van der Waals surface area contributed by atoms with Crippen LogP contribution in [0.3, 0.4) is 0 Å². The zero-order valence-electron chi connectivity index (χ0n) is 23.0. The van der Waals surface area contributed by atoms with E-state index in [9.17, 15) is 9.59 Å². The number of nitrogens with zero attached hydrogens (tertiary/aromatic N) is 4. The van der Waals surface area contributed by atoms with Crippen LogP contribution in [0.4, 0.5) is 0 Å². The molecule has 0 unspecified atom stereocenters. The molecule has 2 atom stereocenters. The monoisotopic (exact) mass is 506 g/mol. The first-order valence-corrected chi connectivity index (χ1v) is 13.5. The molecule has 37 heavy (non-hydrogen) atoms. The van der Waals surface area contributed by atoms with E-state index in [1.807, 2.05) is 36.4 Å². The SMILES string of the molecule is COC(=O)c1ccc(CN2C[C@@H](C)N(C(=O)c3cccc(CN4CCN(C(C)C)CC4)c3)[C@@H](C)C2)cc1. The van der Waals surface area contributed by atoms with Crippen LogP contribution in [-0.4, -0.2) is 96.0 Å². The van der Waals surface area contributed by atoms with Gasteiger partial charge in [-0.15, -0.1) is 0 Å². The van der Waals surface area contributed by atoms with Crippen LogP contribution >= 0.6 is 0 Å². The number of carbonyl (C=O) groups excluding carboxylic acids is 2. The van der Waals surface area contributed by atoms with Crippen LogP contribution in [0, 0.1) is 0 Å². The minimum Gasteiger partial charge on any atom is -0.465 e. The van der Waals surface area contributed by atoms with E-state index < -0.39 is 0 Å². The fourth-order valence-electron chi connectivity index (χ4n) is 5.73. The van der Waals surface area contributed by atoms with Crippen molar-refractivity contribution in [1.29, 1.82) is 0 Å². The van der Waals surface area contributed by atoms with E-state index in [0.717, 1.165) is 63.5 Å². The van der Waals surface area contributed by atoms with E-state index >= 15 is 0 Å². The second kappa shape index (κ2) is 12.2. The topological polar surface area (TPSA) is 56.3 Å². The van der Waals surface area contributed by atoms with E-state index in [2.05, 4.69) is 59.4 Å². The minimum absolute atomic E-state index is 0.110. The third-order valence-corrected chi connectivity index (χ3v) is 7.73. The molecule has 2 aromatic carbocycles. The molecule has 0 saturated carbocycles. The molecule has 7 nitrogen and oxygen atoms in total. The summed E-state index contributed by atoms with van der Waals surface area (Å²) in [6.45, 7) is 16.4. The molecule has 2 fully saturated rings. The molecule has 2 aliphatic heterocycles. The zero-order valence-corrected chi connectivity index (χ0v) is 23.0. The summed E-state index contributed by atoms with van der Waals surface area (Å²) in [6, 6.07) is 16.6. The Morgan fingerprint density at radius 1 is 0.838 bits per heavy atom. The van der Waals surface area contributed by atoms with Gasteiger partial charge in [0.15, 0.2) is 0 Å². The van der Waals surface area contributed by atoms with Crippen molar-refractivity contribution in [3.05, 3.63) is 70.8 Å². The number of methoxy groups -OCH3 is 1. The average Bonchev–Trinajstić information content (AvgIpc) is 2.88. The third kappa shape index (κ3) is 6.78. The predicted octanol–water partition coefficient (Wildman–Crippen LogP) is 3.73. The van der Waals surface area contributed by atoms with Crippen LogP contribution < -0.4 is 0 Å². The summed E-state index contributed by atoms with van der Waals surface area (Å²) in [4.78, 5) is 34.8. The zero-order chi connectivity index (χ0) is 26.5. The fraction of sp³-hybridized carbons (Fsp3) is 0.533. The van der Waals surface area contributed by atoms with Gasteiger partial charge < -0.3 is 9.64 Å². The second-order valence-corrected chi connectivity index (χ2v) is 10.9. The number of benzene rings is 2. The Morgan fingerprint density at radius 3 is 2.05 bits per heavy atom. The first-order chi connectivity index (χ1) is 17.7. The lowest BCUT2D eigenvalue weighted by Gasteiger charge is -2.44. The lowest BCUT2D eigenvalue weighted by Crippen LogP contribution is -2.58. The quantitative estimate of drug-likeness (QED) is 0.534. The van der Waals surface area contributed by atoms with Gasteiger partial charge in [0, 0.05) is 76.0 Å². The first-order valence-electron chi connectivity index (χ1n) is 13.5. The molecule has 0 aromatic heterocycles. The summed E-state index contributed by atoms with van der Waals surface area (Å²) in [6.07, 6.45) is 0. The summed E-state index contributed by atoms with van der Waals surface area (Å²) >= 11 is 0. The Morgan fingerprint density at radius 2 is 1.46 bits per heavy atom. The summed E-state index contributed by atoms with van der Waals surface area (Å²) in [5, 5.41) is 0. The lowest BCUT2D eigenvalue weighted by molar-refractivity contribution is 0.0268. The normalized spacial score (nSPS) is 21.8. The highest BCUT2D eigenvalue weighted by Gasteiger charge is 2.33. The maximum absolute atomic E-state index is 13.6. The minimum atomic E-state index is -0.321. The number of hydrogen-bond donors (Lipinski definition) is 0. The van der Waals surface area contributed by atoms with E-state index in [1.165, 1.54) is 12.7 Å². The average molecular weight is 507 g/mol. The second-order valence-electron chi connectivity index (χ2n) is 10.9. The van der Waals surface area contributed by atoms with Gasteiger partial charge in [0.25, 0.3) is 5.91 Å². The summed E-state index contributed by atoms with van der Waals surface area (Å²) in [7, 11) is 1.39. The highest BCUT2D eigenvalue weighted by Crippen LogP contribution is 2.22. The smallest absolute Gasteiger partial charge is 0.337 e. The Labute approximate surface area is 222 Å². The van der Waals surface area contributed by atoms with E-state index in [1.54, 1.807) is 0 Å². The molecule has 200 valence electrons. The maximum atomic E-state index is 13.6.